The summed E-state index contributed by atoms with van der Waals surface area (Å²) in [5.74, 6) is -1.54. The number of hydrogen-bond donors (Lipinski definition) is 2. The lowest BCUT2D eigenvalue weighted by Gasteiger charge is -2.31. The molecule has 0 fully saturated rings. The van der Waals surface area contributed by atoms with Gasteiger partial charge in [0.05, 0.1) is 5.69 Å². The number of carbonyl (C=O) groups excluding carboxylic acids is 3. The molecule has 9 heteroatoms. The molecule has 3 amide bonds. The summed E-state index contributed by atoms with van der Waals surface area (Å²) in [5, 5.41) is 12.0. The highest BCUT2D eigenvalue weighted by atomic mass is 32.1. The van der Waals surface area contributed by atoms with Gasteiger partial charge < -0.3 is 15.5 Å². The SMILES string of the molecule is Cc1cc(C)n(C(CNC(=O)C(=O)Nc2ccc3c(c2)N(C(=O)C(C)C)CCC3)c2cccs2)n1. The Morgan fingerprint density at radius 3 is 2.57 bits per heavy atom. The number of anilines is 2. The predicted molar refractivity (Wildman–Crippen MR) is 138 cm³/mol. The highest BCUT2D eigenvalue weighted by Crippen LogP contribution is 2.31. The van der Waals surface area contributed by atoms with Crippen molar-refractivity contribution in [3.8, 4) is 0 Å². The second-order valence-corrected chi connectivity index (χ2v) is 10.1. The molecule has 35 heavy (non-hydrogen) atoms. The molecule has 1 aliphatic rings. The highest BCUT2D eigenvalue weighted by molar-refractivity contribution is 7.10. The van der Waals surface area contributed by atoms with Crippen LogP contribution in [0.2, 0.25) is 0 Å². The van der Waals surface area contributed by atoms with Gasteiger partial charge in [0.2, 0.25) is 5.91 Å². The quantitative estimate of drug-likeness (QED) is 0.510. The number of benzene rings is 1. The van der Waals surface area contributed by atoms with Crippen LogP contribution in [0.25, 0.3) is 0 Å². The van der Waals surface area contributed by atoms with E-state index >= 15 is 0 Å². The third-order valence-corrected chi connectivity index (χ3v) is 7.07. The van der Waals surface area contributed by atoms with Crippen molar-refractivity contribution in [1.82, 2.24) is 15.1 Å². The smallest absolute Gasteiger partial charge is 0.313 e. The zero-order chi connectivity index (χ0) is 25.1. The lowest BCUT2D eigenvalue weighted by Crippen LogP contribution is -2.39. The Morgan fingerprint density at radius 2 is 1.91 bits per heavy atom. The molecule has 1 atom stereocenters. The third kappa shape index (κ3) is 5.45. The summed E-state index contributed by atoms with van der Waals surface area (Å²) in [6.07, 6.45) is 1.78. The van der Waals surface area contributed by atoms with Crippen molar-refractivity contribution in [2.75, 3.05) is 23.3 Å². The number of nitrogens with one attached hydrogen (secondary N) is 2. The van der Waals surface area contributed by atoms with Gasteiger partial charge >= 0.3 is 11.8 Å². The zero-order valence-corrected chi connectivity index (χ0v) is 21.3. The van der Waals surface area contributed by atoms with Crippen LogP contribution in [0.5, 0.6) is 0 Å². The molecule has 2 aromatic heterocycles. The van der Waals surface area contributed by atoms with Crippen LogP contribution in [0, 0.1) is 19.8 Å². The maximum atomic E-state index is 12.7. The molecule has 1 unspecified atom stereocenters. The van der Waals surface area contributed by atoms with Crippen LogP contribution in [-0.2, 0) is 20.8 Å². The van der Waals surface area contributed by atoms with Gasteiger partial charge in [0, 0.05) is 41.0 Å². The summed E-state index contributed by atoms with van der Waals surface area (Å²) < 4.78 is 1.88. The summed E-state index contributed by atoms with van der Waals surface area (Å²) in [6, 6.07) is 11.2. The predicted octanol–water partition coefficient (Wildman–Crippen LogP) is 3.84. The van der Waals surface area contributed by atoms with Gasteiger partial charge in [-0.15, -0.1) is 11.3 Å². The number of aryl methyl sites for hydroxylation is 3. The molecule has 0 saturated heterocycles. The van der Waals surface area contributed by atoms with E-state index in [2.05, 4.69) is 15.7 Å². The average Bonchev–Trinajstić information content (AvgIpc) is 3.48. The molecule has 3 heterocycles. The number of rotatable bonds is 6. The van der Waals surface area contributed by atoms with E-state index in [1.165, 1.54) is 0 Å². The molecule has 0 saturated carbocycles. The average molecular weight is 494 g/mol. The van der Waals surface area contributed by atoms with Crippen LogP contribution in [0.3, 0.4) is 0 Å². The Labute approximate surface area is 209 Å². The normalized spacial score (nSPS) is 13.9. The minimum atomic E-state index is -0.749. The summed E-state index contributed by atoms with van der Waals surface area (Å²) >= 11 is 1.58. The summed E-state index contributed by atoms with van der Waals surface area (Å²) in [5.41, 5.74) is 4.23. The van der Waals surface area contributed by atoms with Crippen molar-refractivity contribution >= 4 is 40.4 Å². The number of aromatic nitrogens is 2. The molecular formula is C26H31N5O3S. The first-order valence-corrected chi connectivity index (χ1v) is 12.7. The topological polar surface area (TPSA) is 96.3 Å². The number of thiophene rings is 1. The van der Waals surface area contributed by atoms with Crippen molar-refractivity contribution in [3.05, 3.63) is 63.6 Å². The first-order chi connectivity index (χ1) is 16.7. The molecule has 2 N–H and O–H groups in total. The summed E-state index contributed by atoms with van der Waals surface area (Å²) in [7, 11) is 0. The van der Waals surface area contributed by atoms with Crippen molar-refractivity contribution in [1.29, 1.82) is 0 Å². The largest absolute Gasteiger partial charge is 0.345 e. The Kier molecular flexibility index (Phi) is 7.35. The van der Waals surface area contributed by atoms with Gasteiger partial charge in [-0.1, -0.05) is 26.0 Å². The first-order valence-electron chi connectivity index (χ1n) is 11.8. The maximum Gasteiger partial charge on any atom is 0.313 e. The van der Waals surface area contributed by atoms with E-state index < -0.39 is 11.8 Å². The second kappa shape index (κ2) is 10.4. The van der Waals surface area contributed by atoms with E-state index in [1.54, 1.807) is 28.4 Å². The summed E-state index contributed by atoms with van der Waals surface area (Å²) in [6.45, 7) is 8.53. The fourth-order valence-corrected chi connectivity index (χ4v) is 5.21. The molecule has 0 bridgehead atoms. The minimum absolute atomic E-state index is 0.0518. The number of hydrogen-bond acceptors (Lipinski definition) is 5. The van der Waals surface area contributed by atoms with Gasteiger partial charge in [-0.2, -0.15) is 5.10 Å². The van der Waals surface area contributed by atoms with Crippen molar-refractivity contribution < 1.29 is 14.4 Å². The number of amides is 3. The molecule has 1 aromatic carbocycles. The van der Waals surface area contributed by atoms with Crippen molar-refractivity contribution in [3.63, 3.8) is 0 Å². The summed E-state index contributed by atoms with van der Waals surface area (Å²) in [4.78, 5) is 40.8. The van der Waals surface area contributed by atoms with E-state index in [9.17, 15) is 14.4 Å². The van der Waals surface area contributed by atoms with Gasteiger partial charge in [-0.3, -0.25) is 19.1 Å². The lowest BCUT2D eigenvalue weighted by atomic mass is 9.99. The molecule has 184 valence electrons. The van der Waals surface area contributed by atoms with Gasteiger partial charge in [0.1, 0.15) is 6.04 Å². The van der Waals surface area contributed by atoms with E-state index in [-0.39, 0.29) is 24.4 Å². The van der Waals surface area contributed by atoms with Crippen molar-refractivity contribution in [2.24, 2.45) is 5.92 Å². The van der Waals surface area contributed by atoms with E-state index in [0.29, 0.717) is 12.2 Å². The van der Waals surface area contributed by atoms with Crippen LogP contribution in [0.1, 0.15) is 48.1 Å². The van der Waals surface area contributed by atoms with Gasteiger partial charge in [-0.25, -0.2) is 0 Å². The Bertz CT molecular complexity index is 1230. The molecular weight excluding hydrogens is 462 g/mol. The van der Waals surface area contributed by atoms with E-state index in [1.807, 2.05) is 62.0 Å². The van der Waals surface area contributed by atoms with Gasteiger partial charge in [0.25, 0.3) is 0 Å². The Morgan fingerprint density at radius 1 is 1.11 bits per heavy atom. The molecule has 0 aliphatic carbocycles. The van der Waals surface area contributed by atoms with E-state index in [4.69, 9.17) is 0 Å². The van der Waals surface area contributed by atoms with Crippen LogP contribution in [0.4, 0.5) is 11.4 Å². The van der Waals surface area contributed by atoms with Crippen molar-refractivity contribution in [2.45, 2.75) is 46.6 Å². The second-order valence-electron chi connectivity index (χ2n) is 9.16. The maximum absolute atomic E-state index is 12.7. The highest BCUT2D eigenvalue weighted by Gasteiger charge is 2.26. The number of fused-ring (bicyclic) bond motifs is 1. The van der Waals surface area contributed by atoms with Crippen LogP contribution in [0.15, 0.2) is 41.8 Å². The molecule has 3 aromatic rings. The fourth-order valence-electron chi connectivity index (χ4n) is 4.40. The zero-order valence-electron chi connectivity index (χ0n) is 20.5. The standard InChI is InChI=1S/C26H31N5O3S/c1-16(2)26(34)30-11-5-7-19-9-10-20(14-21(19)30)28-25(33)24(32)27-15-22(23-8-6-12-35-23)31-18(4)13-17(3)29-31/h6,8-10,12-14,16,22H,5,7,11,15H2,1-4H3,(H,27,32)(H,28,33). The van der Waals surface area contributed by atoms with Gasteiger partial charge in [0.15, 0.2) is 0 Å². The Balaban J connectivity index is 1.45. The minimum Gasteiger partial charge on any atom is -0.345 e. The fraction of sp³-hybridized carbons (Fsp3) is 0.385. The van der Waals surface area contributed by atoms with Crippen LogP contribution >= 0.6 is 11.3 Å². The van der Waals surface area contributed by atoms with E-state index in [0.717, 1.165) is 40.4 Å². The lowest BCUT2D eigenvalue weighted by molar-refractivity contribution is -0.136. The number of nitrogens with zero attached hydrogens (tertiary/aromatic N) is 3. The number of carbonyl (C=O) groups is 3. The molecule has 0 radical (unpaired) electrons. The Hall–Kier alpha value is -3.46. The molecule has 8 nitrogen and oxygen atoms in total. The monoisotopic (exact) mass is 493 g/mol. The molecule has 0 spiro atoms. The van der Waals surface area contributed by atoms with Crippen LogP contribution < -0.4 is 15.5 Å². The molecule has 4 rings (SSSR count). The first kappa shape index (κ1) is 24.7. The molecule has 1 aliphatic heterocycles. The van der Waals surface area contributed by atoms with Crippen LogP contribution in [-0.4, -0.2) is 40.6 Å². The van der Waals surface area contributed by atoms with Gasteiger partial charge in [-0.05, 0) is 61.9 Å². The third-order valence-electron chi connectivity index (χ3n) is 6.10.